The minimum Gasteiger partial charge on any atom is -0.397 e. The first-order valence-corrected chi connectivity index (χ1v) is 17.9. The molecule has 0 atom stereocenters. The Morgan fingerprint density at radius 1 is 0.705 bits per heavy atom. The summed E-state index contributed by atoms with van der Waals surface area (Å²) in [5.74, 6) is -1.37. The van der Waals surface area contributed by atoms with Gasteiger partial charge in [-0.3, -0.25) is 9.11 Å². The number of aliphatic hydroxyl groups excluding tert-OH is 1. The minimum absolute atomic E-state index is 0.0315. The van der Waals surface area contributed by atoms with E-state index < -0.39 is 86.9 Å². The molecule has 7 N–H and O–H groups in total. The van der Waals surface area contributed by atoms with Gasteiger partial charge >= 0.3 is 10.4 Å². The van der Waals surface area contributed by atoms with Crippen LogP contribution in [-0.4, -0.2) is 72.6 Å². The van der Waals surface area contributed by atoms with Gasteiger partial charge in [0, 0.05) is 0 Å². The fourth-order valence-corrected chi connectivity index (χ4v) is 6.76. The van der Waals surface area contributed by atoms with Crippen molar-refractivity contribution in [3.8, 4) is 0 Å². The Morgan fingerprint density at radius 2 is 1.23 bits per heavy atom. The molecule has 0 aliphatic carbocycles. The number of sulfone groups is 2. The summed E-state index contributed by atoms with van der Waals surface area (Å²) < 4.78 is 117. The molecule has 0 spiro atoms. The van der Waals surface area contributed by atoms with Crippen LogP contribution >= 0.6 is 0 Å². The van der Waals surface area contributed by atoms with Crippen molar-refractivity contribution in [1.82, 2.24) is 0 Å². The van der Waals surface area contributed by atoms with Crippen LogP contribution in [0.5, 0.6) is 0 Å². The summed E-state index contributed by atoms with van der Waals surface area (Å²) in [4.78, 5) is -1.45. The van der Waals surface area contributed by atoms with Crippen LogP contribution in [0.2, 0.25) is 0 Å². The number of hydrogen-bond acceptors (Lipinski definition) is 16. The lowest BCUT2D eigenvalue weighted by molar-refractivity contribution is 0.284. The van der Waals surface area contributed by atoms with Crippen LogP contribution in [0.4, 0.5) is 34.1 Å². The molecule has 18 nitrogen and oxygen atoms in total. The van der Waals surface area contributed by atoms with E-state index in [4.69, 9.17) is 21.1 Å². The number of anilines is 2. The Hall–Kier alpha value is -3.90. The van der Waals surface area contributed by atoms with E-state index >= 15 is 0 Å². The van der Waals surface area contributed by atoms with Gasteiger partial charge in [-0.15, -0.1) is 10.2 Å². The predicted molar refractivity (Wildman–Crippen MR) is 155 cm³/mol. The smallest absolute Gasteiger partial charge is 0.397 e. The molecule has 0 aliphatic rings. The predicted octanol–water partition coefficient (Wildman–Crippen LogP) is 2.29. The lowest BCUT2D eigenvalue weighted by atomic mass is 10.2. The number of nitrogens with two attached hydrogens (primary N) is 2. The monoisotopic (exact) mass is 692 g/mol. The number of hydrogen-bond donors (Lipinski definition) is 5. The highest BCUT2D eigenvalue weighted by Gasteiger charge is 2.25. The molecule has 0 amide bonds. The second kappa shape index (κ2) is 13.4. The number of nitrogens with zero attached hydrogens (tertiary/aromatic N) is 4. The quantitative estimate of drug-likeness (QED) is 0.0975. The van der Waals surface area contributed by atoms with Crippen LogP contribution < -0.4 is 11.5 Å². The van der Waals surface area contributed by atoms with Crippen molar-refractivity contribution in [2.24, 2.45) is 20.5 Å². The van der Waals surface area contributed by atoms with E-state index in [0.717, 1.165) is 24.3 Å². The first-order valence-electron chi connectivity index (χ1n) is 11.8. The first kappa shape index (κ1) is 34.6. The van der Waals surface area contributed by atoms with Crippen LogP contribution in [0, 0.1) is 0 Å². The van der Waals surface area contributed by atoms with Gasteiger partial charge in [0.05, 0.1) is 57.3 Å². The summed E-state index contributed by atoms with van der Waals surface area (Å²) in [6.45, 7) is -1.49. The van der Waals surface area contributed by atoms with E-state index in [1.165, 1.54) is 30.3 Å². The lowest BCUT2D eigenvalue weighted by Gasteiger charge is -2.11. The van der Waals surface area contributed by atoms with Gasteiger partial charge < -0.3 is 16.6 Å². The highest BCUT2D eigenvalue weighted by molar-refractivity contribution is 7.91. The normalized spacial score (nSPS) is 13.2. The van der Waals surface area contributed by atoms with Gasteiger partial charge in [-0.25, -0.2) is 21.0 Å². The molecule has 0 bridgehead atoms. The van der Waals surface area contributed by atoms with Gasteiger partial charge in [-0.05, 0) is 42.5 Å². The second-order valence-corrected chi connectivity index (χ2v) is 15.2. The number of azo groups is 2. The fraction of sp³-hybridized carbons (Fsp3) is 0.182. The van der Waals surface area contributed by atoms with E-state index in [9.17, 15) is 38.2 Å². The average Bonchev–Trinajstić information content (AvgIpc) is 2.91. The molecule has 238 valence electrons. The van der Waals surface area contributed by atoms with Crippen LogP contribution in [0.1, 0.15) is 0 Å². The molecule has 0 heterocycles. The highest BCUT2D eigenvalue weighted by atomic mass is 32.3. The third kappa shape index (κ3) is 9.06. The summed E-state index contributed by atoms with van der Waals surface area (Å²) in [7, 11) is -17.9. The van der Waals surface area contributed by atoms with Crippen molar-refractivity contribution in [3.63, 3.8) is 0 Å². The topological polar surface area (TPSA) is 308 Å². The maximum atomic E-state index is 12.5. The van der Waals surface area contributed by atoms with E-state index in [2.05, 4.69) is 24.6 Å². The minimum atomic E-state index is -5.05. The van der Waals surface area contributed by atoms with Gasteiger partial charge in [0.1, 0.15) is 16.3 Å². The summed E-state index contributed by atoms with van der Waals surface area (Å²) in [6, 6.07) is 10.8. The first-order chi connectivity index (χ1) is 20.3. The SMILES string of the molecule is Nc1cc(N=Nc2cccc(S(=O)(=O)CCO)c2)c(N)c(N=Nc2cccc(S(=O)(=O)CCOS(=O)(=O)O)c2)c1S(=O)(=O)O. The van der Waals surface area contributed by atoms with Gasteiger partial charge in [0.15, 0.2) is 19.7 Å². The molecule has 0 saturated heterocycles. The average molecular weight is 693 g/mol. The van der Waals surface area contributed by atoms with Crippen molar-refractivity contribution in [1.29, 1.82) is 0 Å². The number of nitrogen functional groups attached to an aromatic ring is 2. The Labute approximate surface area is 251 Å². The molecule has 44 heavy (non-hydrogen) atoms. The molecule has 3 rings (SSSR count). The number of benzene rings is 3. The third-order valence-corrected chi connectivity index (χ3v) is 10.2. The van der Waals surface area contributed by atoms with Crippen molar-refractivity contribution in [2.45, 2.75) is 14.7 Å². The van der Waals surface area contributed by atoms with Crippen LogP contribution in [-0.2, 0) is 44.4 Å². The fourth-order valence-electron chi connectivity index (χ4n) is 3.43. The molecule has 0 unspecified atom stereocenters. The van der Waals surface area contributed by atoms with E-state index in [1.807, 2.05) is 0 Å². The Balaban J connectivity index is 2.02. The van der Waals surface area contributed by atoms with Crippen molar-refractivity contribution in [2.75, 3.05) is 36.2 Å². The zero-order valence-corrected chi connectivity index (χ0v) is 25.4. The van der Waals surface area contributed by atoms with Gasteiger partial charge in [-0.2, -0.15) is 27.1 Å². The highest BCUT2D eigenvalue weighted by Crippen LogP contribution is 2.43. The Bertz CT molecular complexity index is 2070. The number of rotatable bonds is 13. The third-order valence-electron chi connectivity index (χ3n) is 5.40. The van der Waals surface area contributed by atoms with E-state index in [1.54, 1.807) is 0 Å². The van der Waals surface area contributed by atoms with Crippen LogP contribution in [0.3, 0.4) is 0 Å². The lowest BCUT2D eigenvalue weighted by Crippen LogP contribution is -2.15. The van der Waals surface area contributed by atoms with Crippen molar-refractivity contribution < 1.29 is 52.1 Å². The Morgan fingerprint density at radius 3 is 1.73 bits per heavy atom. The Kier molecular flexibility index (Phi) is 10.5. The molecule has 22 heteroatoms. The zero-order chi connectivity index (χ0) is 32.9. The molecule has 3 aromatic carbocycles. The molecule has 0 aromatic heterocycles. The number of aliphatic hydroxyl groups is 1. The summed E-state index contributed by atoms with van der Waals surface area (Å²) in [6.07, 6.45) is 0. The zero-order valence-electron chi connectivity index (χ0n) is 22.1. The molecule has 0 aliphatic heterocycles. The molecule has 0 fully saturated rings. The standard InChI is InChI=1S/C22H24N6O12S4/c23-18-13-19(27-25-14-3-1-5-16(11-14)41(30,31)9-7-29)20(24)21(22(18)43(34,35)36)28-26-15-4-2-6-17(12-15)42(32,33)10-8-40-44(37,38)39/h1-6,11-13,29H,7-10,23-24H2,(H,34,35,36)(H,37,38,39). The molecule has 3 aromatic rings. The molecule has 0 saturated carbocycles. The molecular weight excluding hydrogens is 669 g/mol. The van der Waals surface area contributed by atoms with Crippen molar-refractivity contribution in [3.05, 3.63) is 54.6 Å². The molecule has 0 radical (unpaired) electrons. The van der Waals surface area contributed by atoms with Crippen molar-refractivity contribution >= 4 is 74.3 Å². The van der Waals surface area contributed by atoms with Gasteiger partial charge in [0.25, 0.3) is 10.1 Å². The van der Waals surface area contributed by atoms with Gasteiger partial charge in [-0.1, -0.05) is 12.1 Å². The summed E-state index contributed by atoms with van der Waals surface area (Å²) >= 11 is 0. The van der Waals surface area contributed by atoms with E-state index in [0.29, 0.717) is 0 Å². The second-order valence-electron chi connectivity index (χ2n) is 8.56. The summed E-state index contributed by atoms with van der Waals surface area (Å²) in [5.41, 5.74) is 9.76. The maximum absolute atomic E-state index is 12.5. The largest absolute Gasteiger partial charge is 0.397 e. The molecular formula is C22H24N6O12S4. The van der Waals surface area contributed by atoms with E-state index in [-0.39, 0.29) is 26.9 Å². The summed E-state index contributed by atoms with van der Waals surface area (Å²) in [5, 5.41) is 24.3. The van der Waals surface area contributed by atoms with Crippen LogP contribution in [0.25, 0.3) is 0 Å². The van der Waals surface area contributed by atoms with Crippen LogP contribution in [0.15, 0.2) is 89.7 Å². The van der Waals surface area contributed by atoms with Gasteiger partial charge in [0.2, 0.25) is 0 Å². The maximum Gasteiger partial charge on any atom is 0.397 e.